The number of aliphatic hydroxyl groups excluding tert-OH is 1. The predicted molar refractivity (Wildman–Crippen MR) is 99.9 cm³/mol. The van der Waals surface area contributed by atoms with Gasteiger partial charge in [-0.1, -0.05) is 23.4 Å². The molecule has 2 N–H and O–H groups in total. The Balaban J connectivity index is 1.74. The molecule has 1 fully saturated rings. The second kappa shape index (κ2) is 6.96. The van der Waals surface area contributed by atoms with E-state index in [4.69, 9.17) is 4.98 Å². The van der Waals surface area contributed by atoms with Gasteiger partial charge >= 0.3 is 5.97 Å². The zero-order valence-electron chi connectivity index (χ0n) is 15.0. The van der Waals surface area contributed by atoms with Gasteiger partial charge in [-0.25, -0.2) is 14.5 Å². The summed E-state index contributed by atoms with van der Waals surface area (Å²) in [4.78, 5) is 18.7. The Hall–Kier alpha value is -3.00. The molecule has 1 aliphatic rings. The maximum Gasteiger partial charge on any atom is 0.339 e. The van der Waals surface area contributed by atoms with Gasteiger partial charge in [0.1, 0.15) is 17.1 Å². The molecule has 8 heteroatoms. The topological polar surface area (TPSA) is 104 Å². The lowest BCUT2D eigenvalue weighted by Gasteiger charge is -2.34. The molecular formula is C19H21N5O3. The van der Waals surface area contributed by atoms with Crippen LogP contribution in [0.1, 0.15) is 40.5 Å². The number of aryl methyl sites for hydroxylation is 1. The van der Waals surface area contributed by atoms with Crippen LogP contribution in [0.15, 0.2) is 30.5 Å². The first-order valence-electron chi connectivity index (χ1n) is 8.97. The third-order valence-electron chi connectivity index (χ3n) is 5.14. The first-order chi connectivity index (χ1) is 13.1. The number of benzene rings is 1. The van der Waals surface area contributed by atoms with E-state index in [0.717, 1.165) is 35.9 Å². The number of carboxylic acids is 1. The minimum atomic E-state index is -0.966. The summed E-state index contributed by atoms with van der Waals surface area (Å²) < 4.78 is 1.76. The highest BCUT2D eigenvalue weighted by molar-refractivity contribution is 6.01. The highest BCUT2D eigenvalue weighted by Gasteiger charge is 2.28. The Morgan fingerprint density at radius 3 is 2.89 bits per heavy atom. The molecule has 0 saturated carbocycles. The number of carbonyl (C=O) groups is 1. The Kier molecular flexibility index (Phi) is 4.49. The molecule has 4 rings (SSSR count). The first kappa shape index (κ1) is 17.4. The lowest BCUT2D eigenvalue weighted by molar-refractivity contribution is 0.0696. The molecule has 1 unspecified atom stereocenters. The predicted octanol–water partition coefficient (Wildman–Crippen LogP) is 2.17. The van der Waals surface area contributed by atoms with Crippen molar-refractivity contribution in [3.05, 3.63) is 47.3 Å². The van der Waals surface area contributed by atoms with Gasteiger partial charge in [-0.15, -0.1) is 5.10 Å². The molecule has 1 atom stereocenters. The minimum absolute atomic E-state index is 0.0572. The third-order valence-corrected chi connectivity index (χ3v) is 5.14. The number of rotatable bonds is 4. The van der Waals surface area contributed by atoms with Crippen LogP contribution in [0.3, 0.4) is 0 Å². The third kappa shape index (κ3) is 3.12. The van der Waals surface area contributed by atoms with Crippen molar-refractivity contribution in [2.75, 3.05) is 18.0 Å². The lowest BCUT2D eigenvalue weighted by Crippen LogP contribution is -2.38. The number of aromatic carboxylic acids is 1. The summed E-state index contributed by atoms with van der Waals surface area (Å²) in [5, 5.41) is 27.9. The standard InChI is InChI=1S/C19H21N5O3/c1-12-15-6-2-3-7-16(15)20-18(17(12)19(26)27)23-8-4-5-14(10-23)24-9-13(11-25)21-22-24/h2-3,6-7,9,14,25H,4-5,8,10-11H2,1H3,(H,26,27). The van der Waals surface area contributed by atoms with E-state index in [1.807, 2.05) is 36.1 Å². The van der Waals surface area contributed by atoms with Crippen LogP contribution in [0.5, 0.6) is 0 Å². The Morgan fingerprint density at radius 1 is 1.33 bits per heavy atom. The molecule has 27 heavy (non-hydrogen) atoms. The minimum Gasteiger partial charge on any atom is -0.478 e. The van der Waals surface area contributed by atoms with E-state index in [1.165, 1.54) is 0 Å². The summed E-state index contributed by atoms with van der Waals surface area (Å²) in [5.74, 6) is -0.461. The maximum absolute atomic E-state index is 12.0. The molecule has 1 saturated heterocycles. The van der Waals surface area contributed by atoms with E-state index < -0.39 is 5.97 Å². The second-order valence-electron chi connectivity index (χ2n) is 6.85. The lowest BCUT2D eigenvalue weighted by atomic mass is 10.0. The van der Waals surface area contributed by atoms with Crippen molar-refractivity contribution < 1.29 is 15.0 Å². The van der Waals surface area contributed by atoms with Gasteiger partial charge in [0.05, 0.1) is 24.4 Å². The molecule has 0 aliphatic carbocycles. The number of anilines is 1. The average Bonchev–Trinajstić information content (AvgIpc) is 3.17. The van der Waals surface area contributed by atoms with Gasteiger partial charge in [0.15, 0.2) is 0 Å². The number of piperidine rings is 1. The highest BCUT2D eigenvalue weighted by atomic mass is 16.4. The quantitative estimate of drug-likeness (QED) is 0.728. The van der Waals surface area contributed by atoms with Gasteiger partial charge in [0, 0.05) is 18.5 Å². The Morgan fingerprint density at radius 2 is 2.15 bits per heavy atom. The number of fused-ring (bicyclic) bond motifs is 1. The SMILES string of the molecule is Cc1c(C(=O)O)c(N2CCCC(n3cc(CO)nn3)C2)nc2ccccc12. The van der Waals surface area contributed by atoms with Gasteiger partial charge in [-0.2, -0.15) is 0 Å². The van der Waals surface area contributed by atoms with Crippen LogP contribution < -0.4 is 4.90 Å². The molecule has 2 aromatic heterocycles. The molecule has 3 heterocycles. The van der Waals surface area contributed by atoms with Crippen LogP contribution in [-0.2, 0) is 6.61 Å². The van der Waals surface area contributed by atoms with Crippen molar-refractivity contribution in [2.24, 2.45) is 0 Å². The fourth-order valence-electron chi connectivity index (χ4n) is 3.77. The summed E-state index contributed by atoms with van der Waals surface area (Å²) in [7, 11) is 0. The van der Waals surface area contributed by atoms with Crippen LogP contribution in [0.2, 0.25) is 0 Å². The Labute approximate surface area is 156 Å². The number of aromatic nitrogens is 4. The number of carboxylic acid groups (broad SMARTS) is 1. The van der Waals surface area contributed by atoms with Crippen LogP contribution in [0, 0.1) is 6.92 Å². The molecule has 8 nitrogen and oxygen atoms in total. The number of nitrogens with zero attached hydrogens (tertiary/aromatic N) is 5. The zero-order chi connectivity index (χ0) is 19.0. The Bertz CT molecular complexity index is 1000. The molecule has 1 aromatic carbocycles. The normalized spacial score (nSPS) is 17.4. The van der Waals surface area contributed by atoms with Crippen LogP contribution in [0.4, 0.5) is 5.82 Å². The van der Waals surface area contributed by atoms with E-state index >= 15 is 0 Å². The average molecular weight is 367 g/mol. The van der Waals surface area contributed by atoms with E-state index in [2.05, 4.69) is 10.3 Å². The summed E-state index contributed by atoms with van der Waals surface area (Å²) >= 11 is 0. The second-order valence-corrected chi connectivity index (χ2v) is 6.85. The fraction of sp³-hybridized carbons (Fsp3) is 0.368. The molecule has 3 aromatic rings. The number of hydrogen-bond acceptors (Lipinski definition) is 6. The van der Waals surface area contributed by atoms with Gasteiger partial charge in [0.25, 0.3) is 0 Å². The van der Waals surface area contributed by atoms with Crippen molar-refractivity contribution in [3.63, 3.8) is 0 Å². The molecule has 1 aliphatic heterocycles. The van der Waals surface area contributed by atoms with Crippen LogP contribution in [-0.4, -0.2) is 49.2 Å². The molecule has 0 spiro atoms. The first-order valence-corrected chi connectivity index (χ1v) is 8.97. The molecule has 0 bridgehead atoms. The van der Waals surface area contributed by atoms with E-state index in [1.54, 1.807) is 10.9 Å². The van der Waals surface area contributed by atoms with Crippen molar-refractivity contribution in [1.29, 1.82) is 0 Å². The van der Waals surface area contributed by atoms with Crippen LogP contribution >= 0.6 is 0 Å². The number of para-hydroxylation sites is 1. The number of hydrogen-bond donors (Lipinski definition) is 2. The smallest absolute Gasteiger partial charge is 0.339 e. The summed E-state index contributed by atoms with van der Waals surface area (Å²) in [6, 6.07) is 7.66. The van der Waals surface area contributed by atoms with Crippen molar-refractivity contribution in [2.45, 2.75) is 32.4 Å². The molecular weight excluding hydrogens is 346 g/mol. The van der Waals surface area contributed by atoms with E-state index in [-0.39, 0.29) is 18.2 Å². The van der Waals surface area contributed by atoms with Gasteiger partial charge in [-0.3, -0.25) is 0 Å². The molecule has 0 amide bonds. The van der Waals surface area contributed by atoms with Crippen LogP contribution in [0.25, 0.3) is 10.9 Å². The summed E-state index contributed by atoms with van der Waals surface area (Å²) in [5.41, 5.74) is 2.30. The molecule has 0 radical (unpaired) electrons. The van der Waals surface area contributed by atoms with E-state index in [9.17, 15) is 15.0 Å². The van der Waals surface area contributed by atoms with Gasteiger partial charge < -0.3 is 15.1 Å². The zero-order valence-corrected chi connectivity index (χ0v) is 15.0. The fourth-order valence-corrected chi connectivity index (χ4v) is 3.77. The summed E-state index contributed by atoms with van der Waals surface area (Å²) in [6.07, 6.45) is 3.55. The van der Waals surface area contributed by atoms with Gasteiger partial charge in [-0.05, 0) is 31.4 Å². The highest BCUT2D eigenvalue weighted by Crippen LogP contribution is 2.32. The maximum atomic E-state index is 12.0. The summed E-state index contributed by atoms with van der Waals surface area (Å²) in [6.45, 7) is 3.02. The van der Waals surface area contributed by atoms with Crippen molar-refractivity contribution in [3.8, 4) is 0 Å². The van der Waals surface area contributed by atoms with Crippen molar-refractivity contribution >= 4 is 22.7 Å². The molecule has 140 valence electrons. The monoisotopic (exact) mass is 367 g/mol. The largest absolute Gasteiger partial charge is 0.478 e. The van der Waals surface area contributed by atoms with Gasteiger partial charge in [0.2, 0.25) is 0 Å². The van der Waals surface area contributed by atoms with Crippen molar-refractivity contribution in [1.82, 2.24) is 20.0 Å². The van der Waals surface area contributed by atoms with E-state index in [0.29, 0.717) is 18.1 Å². The number of aliphatic hydroxyl groups is 1. The number of pyridine rings is 1.